The SMILES string of the molecule is CC[C@@H](C(=O)NC(C)C)N(Cc1ccccc1Cl)C(=O)CN(c1ccc(C)cc1)S(=O)(=O)c1ccccc1. The lowest BCUT2D eigenvalue weighted by Crippen LogP contribution is -2.53. The number of carbonyl (C=O) groups is 2. The minimum Gasteiger partial charge on any atom is -0.352 e. The summed E-state index contributed by atoms with van der Waals surface area (Å²) in [5, 5.41) is 3.33. The number of amides is 2. The van der Waals surface area contributed by atoms with Gasteiger partial charge in [-0.2, -0.15) is 0 Å². The van der Waals surface area contributed by atoms with E-state index in [2.05, 4.69) is 5.32 Å². The van der Waals surface area contributed by atoms with Gasteiger partial charge in [0.1, 0.15) is 12.6 Å². The van der Waals surface area contributed by atoms with Crippen LogP contribution in [0.25, 0.3) is 0 Å². The van der Waals surface area contributed by atoms with Crippen molar-refractivity contribution in [2.75, 3.05) is 10.8 Å². The summed E-state index contributed by atoms with van der Waals surface area (Å²) < 4.78 is 28.6. The fourth-order valence-electron chi connectivity index (χ4n) is 4.07. The molecule has 0 saturated heterocycles. The summed E-state index contributed by atoms with van der Waals surface area (Å²) in [6, 6.07) is 21.0. The monoisotopic (exact) mass is 555 g/mol. The molecule has 3 aromatic carbocycles. The van der Waals surface area contributed by atoms with Crippen molar-refractivity contribution < 1.29 is 18.0 Å². The van der Waals surface area contributed by atoms with E-state index in [0.29, 0.717) is 22.7 Å². The molecule has 0 fully saturated rings. The Morgan fingerprint density at radius 1 is 0.921 bits per heavy atom. The molecule has 202 valence electrons. The zero-order valence-electron chi connectivity index (χ0n) is 22.1. The van der Waals surface area contributed by atoms with Crippen molar-refractivity contribution in [3.63, 3.8) is 0 Å². The number of hydrogen-bond donors (Lipinski definition) is 1. The van der Waals surface area contributed by atoms with E-state index in [-0.39, 0.29) is 23.4 Å². The van der Waals surface area contributed by atoms with Crippen LogP contribution < -0.4 is 9.62 Å². The second-order valence-corrected chi connectivity index (χ2v) is 11.6. The van der Waals surface area contributed by atoms with Crippen LogP contribution in [0.2, 0.25) is 5.02 Å². The van der Waals surface area contributed by atoms with Gasteiger partial charge in [0.05, 0.1) is 10.6 Å². The van der Waals surface area contributed by atoms with Gasteiger partial charge in [-0.1, -0.05) is 72.6 Å². The normalized spacial score (nSPS) is 12.2. The third kappa shape index (κ3) is 7.14. The fourth-order valence-corrected chi connectivity index (χ4v) is 5.70. The lowest BCUT2D eigenvalue weighted by Gasteiger charge is -2.33. The Kier molecular flexibility index (Phi) is 9.94. The molecule has 3 rings (SSSR count). The summed E-state index contributed by atoms with van der Waals surface area (Å²) in [6.45, 7) is 6.96. The first-order valence-corrected chi connectivity index (χ1v) is 14.3. The second-order valence-electron chi connectivity index (χ2n) is 9.36. The summed E-state index contributed by atoms with van der Waals surface area (Å²) >= 11 is 6.41. The Labute approximate surface area is 230 Å². The molecule has 0 spiro atoms. The highest BCUT2D eigenvalue weighted by atomic mass is 35.5. The molecule has 0 bridgehead atoms. The van der Waals surface area contributed by atoms with Gasteiger partial charge in [-0.15, -0.1) is 0 Å². The highest BCUT2D eigenvalue weighted by Crippen LogP contribution is 2.26. The fraction of sp³-hybridized carbons (Fsp3) is 0.310. The standard InChI is InChI=1S/C29H34ClN3O4S/c1-5-27(29(35)31-21(2)3)32(19-23-11-9-10-14-26(23)30)28(34)20-33(24-17-15-22(4)16-18-24)38(36,37)25-12-7-6-8-13-25/h6-18,21,27H,5,19-20H2,1-4H3,(H,31,35)/t27-/m0/s1. The van der Waals surface area contributed by atoms with Crippen LogP contribution >= 0.6 is 11.6 Å². The number of hydrogen-bond acceptors (Lipinski definition) is 4. The molecule has 0 radical (unpaired) electrons. The third-order valence-corrected chi connectivity index (χ3v) is 8.20. The number of nitrogens with one attached hydrogen (secondary N) is 1. The Balaban J connectivity index is 2.06. The van der Waals surface area contributed by atoms with Gasteiger partial charge in [-0.3, -0.25) is 13.9 Å². The number of aryl methyl sites for hydroxylation is 1. The average Bonchev–Trinajstić information content (AvgIpc) is 2.88. The van der Waals surface area contributed by atoms with Crippen LogP contribution in [0.1, 0.15) is 38.3 Å². The van der Waals surface area contributed by atoms with Crippen molar-refractivity contribution in [3.8, 4) is 0 Å². The molecule has 9 heteroatoms. The van der Waals surface area contributed by atoms with Crippen LogP contribution in [0, 0.1) is 6.92 Å². The predicted octanol–water partition coefficient (Wildman–Crippen LogP) is 5.18. The number of carbonyl (C=O) groups excluding carboxylic acids is 2. The topological polar surface area (TPSA) is 86.8 Å². The first kappa shape index (κ1) is 29.2. The van der Waals surface area contributed by atoms with E-state index in [0.717, 1.165) is 9.87 Å². The van der Waals surface area contributed by atoms with E-state index in [1.54, 1.807) is 66.7 Å². The number of sulfonamides is 1. The van der Waals surface area contributed by atoms with Crippen LogP contribution in [0.3, 0.4) is 0 Å². The molecular formula is C29H34ClN3O4S. The Morgan fingerprint density at radius 2 is 1.53 bits per heavy atom. The summed E-state index contributed by atoms with van der Waals surface area (Å²) in [4.78, 5) is 28.6. The lowest BCUT2D eigenvalue weighted by atomic mass is 10.1. The number of benzene rings is 3. The summed E-state index contributed by atoms with van der Waals surface area (Å²) in [5.74, 6) is -0.827. The van der Waals surface area contributed by atoms with Gasteiger partial charge in [0.15, 0.2) is 0 Å². The maximum absolute atomic E-state index is 14.0. The number of nitrogens with zero attached hydrogens (tertiary/aromatic N) is 2. The van der Waals surface area contributed by atoms with Crippen molar-refractivity contribution in [3.05, 3.63) is 95.0 Å². The van der Waals surface area contributed by atoms with E-state index in [1.807, 2.05) is 27.7 Å². The lowest BCUT2D eigenvalue weighted by molar-refractivity contribution is -0.140. The molecule has 0 aromatic heterocycles. The van der Waals surface area contributed by atoms with E-state index in [1.165, 1.54) is 17.0 Å². The van der Waals surface area contributed by atoms with Gasteiger partial charge in [0.2, 0.25) is 11.8 Å². The highest BCUT2D eigenvalue weighted by Gasteiger charge is 2.34. The quantitative estimate of drug-likeness (QED) is 0.353. The average molecular weight is 556 g/mol. The second kappa shape index (κ2) is 12.9. The highest BCUT2D eigenvalue weighted by molar-refractivity contribution is 7.92. The molecule has 0 heterocycles. The van der Waals surface area contributed by atoms with Gasteiger partial charge in [0, 0.05) is 17.6 Å². The smallest absolute Gasteiger partial charge is 0.264 e. The van der Waals surface area contributed by atoms with Crippen molar-refractivity contribution in [2.45, 2.75) is 57.6 Å². The first-order valence-electron chi connectivity index (χ1n) is 12.5. The van der Waals surface area contributed by atoms with E-state index in [4.69, 9.17) is 11.6 Å². The van der Waals surface area contributed by atoms with Gasteiger partial charge in [-0.05, 0) is 63.1 Å². The number of anilines is 1. The van der Waals surface area contributed by atoms with Crippen molar-refractivity contribution >= 4 is 39.1 Å². The molecule has 7 nitrogen and oxygen atoms in total. The predicted molar refractivity (Wildman–Crippen MR) is 152 cm³/mol. The molecule has 1 N–H and O–H groups in total. The first-order chi connectivity index (χ1) is 18.0. The van der Waals surface area contributed by atoms with Gasteiger partial charge in [-0.25, -0.2) is 8.42 Å². The Morgan fingerprint density at radius 3 is 2.11 bits per heavy atom. The largest absolute Gasteiger partial charge is 0.352 e. The minimum absolute atomic E-state index is 0.0512. The van der Waals surface area contributed by atoms with E-state index in [9.17, 15) is 18.0 Å². The van der Waals surface area contributed by atoms with Crippen molar-refractivity contribution in [1.29, 1.82) is 0 Å². The summed E-state index contributed by atoms with van der Waals surface area (Å²) in [7, 11) is -4.09. The molecular weight excluding hydrogens is 522 g/mol. The van der Waals surface area contributed by atoms with Crippen LogP contribution in [0.15, 0.2) is 83.8 Å². The van der Waals surface area contributed by atoms with Crippen LogP contribution in [0.5, 0.6) is 0 Å². The van der Waals surface area contributed by atoms with Crippen molar-refractivity contribution in [1.82, 2.24) is 10.2 Å². The van der Waals surface area contributed by atoms with Gasteiger partial charge >= 0.3 is 0 Å². The molecule has 2 amide bonds. The minimum atomic E-state index is -4.09. The maximum atomic E-state index is 14.0. The van der Waals surface area contributed by atoms with Gasteiger partial charge < -0.3 is 10.2 Å². The Bertz CT molecular complexity index is 1350. The van der Waals surface area contributed by atoms with E-state index >= 15 is 0 Å². The molecule has 1 atom stereocenters. The Hall–Kier alpha value is -3.36. The zero-order chi connectivity index (χ0) is 27.9. The number of halogens is 1. The molecule has 0 unspecified atom stereocenters. The summed E-state index contributed by atoms with van der Waals surface area (Å²) in [5.41, 5.74) is 1.96. The molecule has 0 aliphatic heterocycles. The van der Waals surface area contributed by atoms with E-state index < -0.39 is 28.5 Å². The van der Waals surface area contributed by atoms with Crippen LogP contribution in [-0.2, 0) is 26.2 Å². The molecule has 38 heavy (non-hydrogen) atoms. The number of rotatable bonds is 11. The molecule has 0 aliphatic rings. The maximum Gasteiger partial charge on any atom is 0.264 e. The third-order valence-electron chi connectivity index (χ3n) is 6.05. The summed E-state index contributed by atoms with van der Waals surface area (Å²) in [6.07, 6.45) is 0.338. The van der Waals surface area contributed by atoms with Crippen LogP contribution in [0.4, 0.5) is 5.69 Å². The van der Waals surface area contributed by atoms with Crippen LogP contribution in [-0.4, -0.2) is 43.8 Å². The molecule has 3 aromatic rings. The zero-order valence-corrected chi connectivity index (χ0v) is 23.7. The van der Waals surface area contributed by atoms with Crippen molar-refractivity contribution in [2.24, 2.45) is 0 Å². The van der Waals surface area contributed by atoms with Gasteiger partial charge in [0.25, 0.3) is 10.0 Å². The molecule has 0 saturated carbocycles. The molecule has 0 aliphatic carbocycles.